The third kappa shape index (κ3) is 4.34. The third-order valence-electron chi connectivity index (χ3n) is 4.72. The molecule has 2 heterocycles. The van der Waals surface area contributed by atoms with E-state index in [-0.39, 0.29) is 17.8 Å². The molecule has 1 atom stereocenters. The summed E-state index contributed by atoms with van der Waals surface area (Å²) in [5.41, 5.74) is 2.73. The minimum atomic E-state index is -0.367. The lowest BCUT2D eigenvalue weighted by atomic mass is 10.0. The zero-order valence-electron chi connectivity index (χ0n) is 15.9. The topological polar surface area (TPSA) is 73.3 Å². The van der Waals surface area contributed by atoms with E-state index < -0.39 is 0 Å². The van der Waals surface area contributed by atoms with Gasteiger partial charge in [-0.25, -0.2) is 4.39 Å². The van der Waals surface area contributed by atoms with Gasteiger partial charge >= 0.3 is 0 Å². The van der Waals surface area contributed by atoms with Gasteiger partial charge in [-0.3, -0.25) is 4.79 Å². The fourth-order valence-corrected chi connectivity index (χ4v) is 3.34. The molecule has 29 heavy (non-hydrogen) atoms. The second kappa shape index (κ2) is 8.26. The Kier molecular flexibility index (Phi) is 5.37. The maximum atomic E-state index is 14.1. The average Bonchev–Trinajstić information content (AvgIpc) is 3.15. The van der Waals surface area contributed by atoms with Crippen molar-refractivity contribution in [1.29, 1.82) is 0 Å². The molecule has 0 saturated heterocycles. The molecule has 2 aromatic carbocycles. The van der Waals surface area contributed by atoms with Gasteiger partial charge in [0.05, 0.1) is 25.8 Å². The summed E-state index contributed by atoms with van der Waals surface area (Å²) in [5.74, 6) is 0.506. The van der Waals surface area contributed by atoms with E-state index in [1.54, 1.807) is 12.1 Å². The Morgan fingerprint density at radius 1 is 1.21 bits per heavy atom. The number of carbonyl (C=O) groups excluding carboxylic acids is 1. The molecule has 0 bridgehead atoms. The molecule has 1 unspecified atom stereocenters. The molecule has 0 spiro atoms. The standard InChI is InChI=1S/C22H20FN3O3/c1-28-21-8-7-19(25-26-21)18-12-16(23)10-15-11-17(29-22(15)18)13-24-20(27)9-14-5-3-2-4-6-14/h2-8,10,12,17H,9,11,13H2,1H3,(H,24,27). The van der Waals surface area contributed by atoms with Gasteiger partial charge in [-0.1, -0.05) is 30.3 Å². The van der Waals surface area contributed by atoms with Crippen LogP contribution < -0.4 is 14.8 Å². The molecule has 0 aliphatic carbocycles. The monoisotopic (exact) mass is 393 g/mol. The normalized spacial score (nSPS) is 14.8. The molecule has 0 saturated carbocycles. The van der Waals surface area contributed by atoms with Crippen LogP contribution in [-0.4, -0.2) is 35.9 Å². The zero-order valence-corrected chi connectivity index (χ0v) is 15.9. The van der Waals surface area contributed by atoms with Crippen LogP contribution in [0.2, 0.25) is 0 Å². The molecule has 4 rings (SSSR count). The van der Waals surface area contributed by atoms with Gasteiger partial charge in [-0.2, -0.15) is 0 Å². The molecular formula is C22H20FN3O3. The number of hydrogen-bond acceptors (Lipinski definition) is 5. The highest BCUT2D eigenvalue weighted by atomic mass is 19.1. The van der Waals surface area contributed by atoms with E-state index in [2.05, 4.69) is 15.5 Å². The number of benzene rings is 2. The Labute approximate surface area is 167 Å². The minimum Gasteiger partial charge on any atom is -0.487 e. The van der Waals surface area contributed by atoms with Gasteiger partial charge < -0.3 is 14.8 Å². The lowest BCUT2D eigenvalue weighted by molar-refractivity contribution is -0.120. The van der Waals surface area contributed by atoms with Crippen molar-refractivity contribution in [2.75, 3.05) is 13.7 Å². The van der Waals surface area contributed by atoms with Gasteiger partial charge in [0.2, 0.25) is 11.8 Å². The molecular weight excluding hydrogens is 373 g/mol. The summed E-state index contributed by atoms with van der Waals surface area (Å²) < 4.78 is 25.2. The molecule has 1 aromatic heterocycles. The van der Waals surface area contributed by atoms with Crippen LogP contribution >= 0.6 is 0 Å². The second-order valence-corrected chi connectivity index (χ2v) is 6.81. The first-order chi connectivity index (χ1) is 14.1. The molecule has 3 aromatic rings. The van der Waals surface area contributed by atoms with E-state index in [4.69, 9.17) is 9.47 Å². The Bertz CT molecular complexity index is 1010. The van der Waals surface area contributed by atoms with Crippen molar-refractivity contribution in [3.8, 4) is 22.9 Å². The number of hydrogen-bond donors (Lipinski definition) is 1. The largest absolute Gasteiger partial charge is 0.487 e. The van der Waals surface area contributed by atoms with Crippen LogP contribution in [0.3, 0.4) is 0 Å². The third-order valence-corrected chi connectivity index (χ3v) is 4.72. The van der Waals surface area contributed by atoms with Crippen LogP contribution in [0.1, 0.15) is 11.1 Å². The fraction of sp³-hybridized carbons (Fsp3) is 0.227. The van der Waals surface area contributed by atoms with E-state index in [1.165, 1.54) is 19.2 Å². The summed E-state index contributed by atoms with van der Waals surface area (Å²) >= 11 is 0. The van der Waals surface area contributed by atoms with Gasteiger partial charge in [0.1, 0.15) is 17.7 Å². The van der Waals surface area contributed by atoms with Crippen molar-refractivity contribution in [2.45, 2.75) is 18.9 Å². The molecule has 148 valence electrons. The van der Waals surface area contributed by atoms with E-state index in [0.717, 1.165) is 11.1 Å². The molecule has 1 amide bonds. The molecule has 6 nitrogen and oxygen atoms in total. The number of nitrogens with zero attached hydrogens (tertiary/aromatic N) is 2. The summed E-state index contributed by atoms with van der Waals surface area (Å²) in [6.07, 6.45) is 0.549. The number of ether oxygens (including phenoxy) is 2. The van der Waals surface area contributed by atoms with Gasteiger partial charge in [0.25, 0.3) is 0 Å². The Hall–Kier alpha value is -3.48. The van der Waals surface area contributed by atoms with Gasteiger partial charge in [-0.05, 0) is 23.8 Å². The molecule has 1 aliphatic rings. The Morgan fingerprint density at radius 2 is 2.03 bits per heavy atom. The number of halogens is 1. The Balaban J connectivity index is 1.44. The van der Waals surface area contributed by atoms with Crippen LogP contribution in [0.5, 0.6) is 11.6 Å². The van der Waals surface area contributed by atoms with E-state index >= 15 is 0 Å². The summed E-state index contributed by atoms with van der Waals surface area (Å²) in [4.78, 5) is 12.2. The fourth-order valence-electron chi connectivity index (χ4n) is 3.34. The molecule has 1 N–H and O–H groups in total. The summed E-state index contributed by atoms with van der Waals surface area (Å²) in [5, 5.41) is 10.9. The first-order valence-electron chi connectivity index (χ1n) is 9.30. The summed E-state index contributed by atoms with van der Waals surface area (Å²) in [7, 11) is 1.50. The Morgan fingerprint density at radius 3 is 2.76 bits per heavy atom. The quantitative estimate of drug-likeness (QED) is 0.697. The van der Waals surface area contributed by atoms with Crippen LogP contribution in [0.25, 0.3) is 11.3 Å². The average molecular weight is 393 g/mol. The molecule has 7 heteroatoms. The highest BCUT2D eigenvalue weighted by Crippen LogP contribution is 2.38. The molecule has 0 fully saturated rings. The van der Waals surface area contributed by atoms with Crippen LogP contribution in [0, 0.1) is 5.82 Å². The van der Waals surface area contributed by atoms with Crippen molar-refractivity contribution in [1.82, 2.24) is 15.5 Å². The first-order valence-corrected chi connectivity index (χ1v) is 9.30. The highest BCUT2D eigenvalue weighted by molar-refractivity contribution is 5.78. The van der Waals surface area contributed by atoms with Crippen LogP contribution in [-0.2, 0) is 17.6 Å². The molecule has 1 aliphatic heterocycles. The highest BCUT2D eigenvalue weighted by Gasteiger charge is 2.28. The maximum Gasteiger partial charge on any atom is 0.233 e. The van der Waals surface area contributed by atoms with Crippen molar-refractivity contribution in [2.24, 2.45) is 0 Å². The van der Waals surface area contributed by atoms with Crippen molar-refractivity contribution < 1.29 is 18.7 Å². The number of rotatable bonds is 6. The second-order valence-electron chi connectivity index (χ2n) is 6.81. The van der Waals surface area contributed by atoms with Crippen LogP contribution in [0.15, 0.2) is 54.6 Å². The number of methoxy groups -OCH3 is 1. The lowest BCUT2D eigenvalue weighted by Gasteiger charge is -2.13. The van der Waals surface area contributed by atoms with E-state index in [0.29, 0.717) is 42.3 Å². The van der Waals surface area contributed by atoms with Crippen molar-refractivity contribution >= 4 is 5.91 Å². The number of nitrogens with one attached hydrogen (secondary N) is 1. The van der Waals surface area contributed by atoms with Gasteiger partial charge in [0.15, 0.2) is 0 Å². The minimum absolute atomic E-state index is 0.0804. The predicted octanol–water partition coefficient (Wildman–Crippen LogP) is 2.95. The summed E-state index contributed by atoms with van der Waals surface area (Å²) in [6.45, 7) is 0.343. The maximum absolute atomic E-state index is 14.1. The van der Waals surface area contributed by atoms with Crippen molar-refractivity contribution in [3.05, 3.63) is 71.5 Å². The number of aromatic nitrogens is 2. The number of amides is 1. The van der Waals surface area contributed by atoms with E-state index in [9.17, 15) is 9.18 Å². The molecule has 0 radical (unpaired) electrons. The number of fused-ring (bicyclic) bond motifs is 1. The SMILES string of the molecule is COc1ccc(-c2cc(F)cc3c2OC(CNC(=O)Cc2ccccc2)C3)nn1. The summed E-state index contributed by atoms with van der Waals surface area (Å²) in [6, 6.07) is 15.7. The zero-order chi connectivity index (χ0) is 20.2. The van der Waals surface area contributed by atoms with Crippen molar-refractivity contribution in [3.63, 3.8) is 0 Å². The van der Waals surface area contributed by atoms with Gasteiger partial charge in [-0.15, -0.1) is 10.2 Å². The first kappa shape index (κ1) is 18.9. The number of carbonyl (C=O) groups is 1. The predicted molar refractivity (Wildman–Crippen MR) is 105 cm³/mol. The van der Waals surface area contributed by atoms with Gasteiger partial charge in [0, 0.05) is 23.6 Å². The van der Waals surface area contributed by atoms with Crippen LogP contribution in [0.4, 0.5) is 4.39 Å². The lowest BCUT2D eigenvalue weighted by Crippen LogP contribution is -2.35. The van der Waals surface area contributed by atoms with E-state index in [1.807, 2.05) is 30.3 Å². The smallest absolute Gasteiger partial charge is 0.233 e.